The van der Waals surface area contributed by atoms with Crippen LogP contribution in [0.4, 0.5) is 0 Å². The number of ether oxygens (including phenoxy) is 1. The molecule has 4 heteroatoms. The zero-order valence-corrected chi connectivity index (χ0v) is 14.7. The summed E-state index contributed by atoms with van der Waals surface area (Å²) in [5, 5.41) is 0.165. The Bertz CT molecular complexity index is 491. The predicted octanol–water partition coefficient (Wildman–Crippen LogP) is 4.11. The van der Waals surface area contributed by atoms with Crippen LogP contribution in [0.1, 0.15) is 38.7 Å². The highest BCUT2D eigenvalue weighted by Crippen LogP contribution is 2.38. The second kappa shape index (κ2) is 5.93. The van der Waals surface area contributed by atoms with Gasteiger partial charge in [-0.3, -0.25) is 4.79 Å². The van der Waals surface area contributed by atoms with Crippen LogP contribution < -0.4 is 0 Å². The Hall–Kier alpha value is -1.13. The fourth-order valence-corrected chi connectivity index (χ4v) is 3.31. The number of benzene rings is 1. The highest BCUT2D eigenvalue weighted by molar-refractivity contribution is 6.74. The van der Waals surface area contributed by atoms with Gasteiger partial charge in [0.05, 0.1) is 13.0 Å². The molecule has 0 bridgehead atoms. The Kier molecular flexibility index (Phi) is 4.59. The first kappa shape index (κ1) is 16.2. The van der Waals surface area contributed by atoms with Gasteiger partial charge < -0.3 is 9.16 Å². The SMILES string of the molecule is CC(C)(C)[Si](C)(C)OC[C@@H]1OC(=O)C[C@H]1c1ccccc1. The standard InChI is InChI=1S/C17H26O3Si/c1-17(2,3)21(4,5)19-12-15-14(11-16(18)20-15)13-9-7-6-8-10-13/h6-10,14-15H,11-12H2,1-5H3/t14-,15-/m0/s1. The van der Waals surface area contributed by atoms with Gasteiger partial charge in [0.1, 0.15) is 6.10 Å². The molecule has 0 spiro atoms. The van der Waals surface area contributed by atoms with Crippen molar-refractivity contribution < 1.29 is 14.0 Å². The molecule has 1 fully saturated rings. The van der Waals surface area contributed by atoms with Crippen LogP contribution in [0.15, 0.2) is 30.3 Å². The molecule has 3 nitrogen and oxygen atoms in total. The van der Waals surface area contributed by atoms with E-state index >= 15 is 0 Å². The molecular weight excluding hydrogens is 280 g/mol. The molecule has 0 N–H and O–H groups in total. The summed E-state index contributed by atoms with van der Waals surface area (Å²) in [5.41, 5.74) is 1.16. The van der Waals surface area contributed by atoms with Crippen LogP contribution in [-0.2, 0) is 14.0 Å². The molecular formula is C17H26O3Si. The van der Waals surface area contributed by atoms with E-state index in [-0.39, 0.29) is 23.0 Å². The van der Waals surface area contributed by atoms with Gasteiger partial charge in [0.2, 0.25) is 0 Å². The van der Waals surface area contributed by atoms with Crippen LogP contribution in [0.2, 0.25) is 18.1 Å². The summed E-state index contributed by atoms with van der Waals surface area (Å²) in [6.45, 7) is 11.6. The lowest BCUT2D eigenvalue weighted by Gasteiger charge is -2.37. The Morgan fingerprint density at radius 1 is 1.24 bits per heavy atom. The summed E-state index contributed by atoms with van der Waals surface area (Å²) in [6, 6.07) is 10.1. The third kappa shape index (κ3) is 3.74. The second-order valence-corrected chi connectivity index (χ2v) is 12.1. The fourth-order valence-electron chi connectivity index (χ4n) is 2.30. The number of carbonyl (C=O) groups excluding carboxylic acids is 1. The molecule has 1 aromatic rings. The lowest BCUT2D eigenvalue weighted by molar-refractivity contribution is -0.142. The van der Waals surface area contributed by atoms with Crippen molar-refractivity contribution in [1.82, 2.24) is 0 Å². The van der Waals surface area contributed by atoms with Gasteiger partial charge in [-0.05, 0) is 23.7 Å². The van der Waals surface area contributed by atoms with Crippen molar-refractivity contribution in [2.45, 2.75) is 57.3 Å². The summed E-state index contributed by atoms with van der Waals surface area (Å²) in [4.78, 5) is 11.7. The molecule has 2 atom stereocenters. The minimum absolute atomic E-state index is 0.114. The van der Waals surface area contributed by atoms with E-state index < -0.39 is 8.32 Å². The van der Waals surface area contributed by atoms with E-state index in [2.05, 4.69) is 46.0 Å². The van der Waals surface area contributed by atoms with Crippen LogP contribution in [0.25, 0.3) is 0 Å². The summed E-state index contributed by atoms with van der Waals surface area (Å²) in [6.07, 6.45) is 0.296. The van der Waals surface area contributed by atoms with Gasteiger partial charge in [-0.25, -0.2) is 0 Å². The van der Waals surface area contributed by atoms with Crippen LogP contribution in [0.3, 0.4) is 0 Å². The zero-order valence-electron chi connectivity index (χ0n) is 13.7. The average Bonchev–Trinajstić information content (AvgIpc) is 2.77. The highest BCUT2D eigenvalue weighted by Gasteiger charge is 2.41. The lowest BCUT2D eigenvalue weighted by atomic mass is 9.93. The summed E-state index contributed by atoms with van der Waals surface area (Å²) in [5.74, 6) is -0.00356. The van der Waals surface area contributed by atoms with Crippen LogP contribution in [0.5, 0.6) is 0 Å². The van der Waals surface area contributed by atoms with E-state index in [1.807, 2.05) is 18.2 Å². The van der Waals surface area contributed by atoms with Crippen LogP contribution >= 0.6 is 0 Å². The molecule has 1 heterocycles. The second-order valence-electron chi connectivity index (χ2n) is 7.32. The van der Waals surface area contributed by atoms with Crippen molar-refractivity contribution >= 4 is 14.3 Å². The zero-order chi connectivity index (χ0) is 15.7. The molecule has 0 unspecified atom stereocenters. The molecule has 1 aromatic carbocycles. The van der Waals surface area contributed by atoms with Crippen molar-refractivity contribution in [2.24, 2.45) is 0 Å². The maximum atomic E-state index is 11.7. The average molecular weight is 306 g/mol. The van der Waals surface area contributed by atoms with Gasteiger partial charge in [0, 0.05) is 5.92 Å². The normalized spacial score (nSPS) is 23.2. The lowest BCUT2D eigenvalue weighted by Crippen LogP contribution is -2.43. The van der Waals surface area contributed by atoms with E-state index in [1.54, 1.807) is 0 Å². The van der Waals surface area contributed by atoms with Gasteiger partial charge in [-0.15, -0.1) is 0 Å². The third-order valence-corrected chi connectivity index (χ3v) is 9.26. The first-order valence-electron chi connectivity index (χ1n) is 7.59. The van der Waals surface area contributed by atoms with E-state index in [1.165, 1.54) is 0 Å². The van der Waals surface area contributed by atoms with Crippen molar-refractivity contribution in [3.05, 3.63) is 35.9 Å². The Labute approximate surface area is 128 Å². The Morgan fingerprint density at radius 2 is 1.86 bits per heavy atom. The van der Waals surface area contributed by atoms with Crippen molar-refractivity contribution in [2.75, 3.05) is 6.61 Å². The molecule has 1 aliphatic heterocycles. The molecule has 116 valence electrons. The largest absolute Gasteiger partial charge is 0.459 e. The number of carbonyl (C=O) groups is 1. The number of hydrogen-bond donors (Lipinski definition) is 0. The summed E-state index contributed by atoms with van der Waals surface area (Å²) in [7, 11) is -1.82. The molecule has 0 aliphatic carbocycles. The van der Waals surface area contributed by atoms with E-state index in [4.69, 9.17) is 9.16 Å². The molecule has 2 rings (SSSR count). The number of cyclic esters (lactones) is 1. The summed E-state index contributed by atoms with van der Waals surface area (Å²) >= 11 is 0. The van der Waals surface area contributed by atoms with Gasteiger partial charge in [-0.1, -0.05) is 51.1 Å². The first-order chi connectivity index (χ1) is 9.71. The topological polar surface area (TPSA) is 35.5 Å². The van der Waals surface area contributed by atoms with E-state index in [0.29, 0.717) is 13.0 Å². The number of rotatable bonds is 4. The van der Waals surface area contributed by atoms with E-state index in [0.717, 1.165) is 5.56 Å². The molecule has 0 aromatic heterocycles. The van der Waals surface area contributed by atoms with Crippen molar-refractivity contribution in [3.8, 4) is 0 Å². The monoisotopic (exact) mass is 306 g/mol. The van der Waals surface area contributed by atoms with Crippen molar-refractivity contribution in [1.29, 1.82) is 0 Å². The quantitative estimate of drug-likeness (QED) is 0.620. The van der Waals surface area contributed by atoms with Gasteiger partial charge >= 0.3 is 5.97 Å². The first-order valence-corrected chi connectivity index (χ1v) is 10.5. The smallest absolute Gasteiger partial charge is 0.306 e. The van der Waals surface area contributed by atoms with Crippen molar-refractivity contribution in [3.63, 3.8) is 0 Å². The Morgan fingerprint density at radius 3 is 2.43 bits per heavy atom. The molecule has 1 aliphatic rings. The summed E-state index contributed by atoms with van der Waals surface area (Å²) < 4.78 is 11.7. The number of esters is 1. The predicted molar refractivity (Wildman–Crippen MR) is 86.8 cm³/mol. The molecule has 21 heavy (non-hydrogen) atoms. The minimum Gasteiger partial charge on any atom is -0.459 e. The highest BCUT2D eigenvalue weighted by atomic mass is 28.4. The van der Waals surface area contributed by atoms with Gasteiger partial charge in [-0.2, -0.15) is 0 Å². The Balaban J connectivity index is 2.06. The minimum atomic E-state index is -1.82. The third-order valence-electron chi connectivity index (χ3n) is 4.76. The molecule has 0 amide bonds. The number of hydrogen-bond acceptors (Lipinski definition) is 3. The molecule has 0 radical (unpaired) electrons. The maximum Gasteiger partial charge on any atom is 0.306 e. The van der Waals surface area contributed by atoms with Gasteiger partial charge in [0.25, 0.3) is 0 Å². The van der Waals surface area contributed by atoms with Gasteiger partial charge in [0.15, 0.2) is 8.32 Å². The molecule has 1 saturated heterocycles. The maximum absolute atomic E-state index is 11.7. The fraction of sp³-hybridized carbons (Fsp3) is 0.588. The molecule has 0 saturated carbocycles. The van der Waals surface area contributed by atoms with Crippen LogP contribution in [0, 0.1) is 0 Å². The van der Waals surface area contributed by atoms with Crippen LogP contribution in [-0.4, -0.2) is 27.0 Å². The van der Waals surface area contributed by atoms with E-state index in [9.17, 15) is 4.79 Å².